The molecule has 2 saturated heterocycles. The first-order valence-corrected chi connectivity index (χ1v) is 8.66. The van der Waals surface area contributed by atoms with Crippen molar-refractivity contribution < 1.29 is 14.3 Å². The van der Waals surface area contributed by atoms with E-state index in [0.29, 0.717) is 13.2 Å². The first kappa shape index (κ1) is 16.3. The standard InChI is InChI=1S/C18H26N2O3/c21-18(13-20-10-2-1-3-11-20)19-15-6-8-16(9-7-15)23-14-17-5-4-12-22-17/h6-9,17H,1-5,10-14H2,(H,19,21). The molecule has 2 aliphatic rings. The van der Waals surface area contributed by atoms with Crippen LogP contribution in [0.1, 0.15) is 32.1 Å². The normalized spacial score (nSPS) is 22.0. The van der Waals surface area contributed by atoms with E-state index in [1.807, 2.05) is 24.3 Å². The van der Waals surface area contributed by atoms with Crippen LogP contribution in [0.4, 0.5) is 5.69 Å². The number of benzene rings is 1. The molecule has 2 fully saturated rings. The molecule has 1 unspecified atom stereocenters. The van der Waals surface area contributed by atoms with E-state index in [0.717, 1.165) is 44.0 Å². The van der Waals surface area contributed by atoms with Gasteiger partial charge in [0.05, 0.1) is 12.6 Å². The van der Waals surface area contributed by atoms with Crippen molar-refractivity contribution >= 4 is 11.6 Å². The van der Waals surface area contributed by atoms with E-state index in [1.54, 1.807) is 0 Å². The topological polar surface area (TPSA) is 50.8 Å². The van der Waals surface area contributed by atoms with Gasteiger partial charge in [0.25, 0.3) is 0 Å². The maximum Gasteiger partial charge on any atom is 0.238 e. The lowest BCUT2D eigenvalue weighted by Gasteiger charge is -2.25. The van der Waals surface area contributed by atoms with Gasteiger partial charge >= 0.3 is 0 Å². The fourth-order valence-electron chi connectivity index (χ4n) is 3.12. The lowest BCUT2D eigenvalue weighted by atomic mass is 10.1. The summed E-state index contributed by atoms with van der Waals surface area (Å²) >= 11 is 0. The Kier molecular flexibility index (Phi) is 5.88. The second-order valence-electron chi connectivity index (χ2n) is 6.36. The summed E-state index contributed by atoms with van der Waals surface area (Å²) in [5.41, 5.74) is 0.816. The van der Waals surface area contributed by atoms with Crippen molar-refractivity contribution in [3.05, 3.63) is 24.3 Å². The summed E-state index contributed by atoms with van der Waals surface area (Å²) < 4.78 is 11.3. The monoisotopic (exact) mass is 318 g/mol. The molecule has 2 heterocycles. The van der Waals surface area contributed by atoms with Crippen LogP contribution in [0.25, 0.3) is 0 Å². The van der Waals surface area contributed by atoms with Crippen LogP contribution in [-0.2, 0) is 9.53 Å². The minimum absolute atomic E-state index is 0.0555. The van der Waals surface area contributed by atoms with Crippen molar-refractivity contribution in [3.8, 4) is 5.75 Å². The molecular weight excluding hydrogens is 292 g/mol. The third kappa shape index (κ3) is 5.22. The van der Waals surface area contributed by atoms with E-state index in [1.165, 1.54) is 19.3 Å². The number of hydrogen-bond acceptors (Lipinski definition) is 4. The summed E-state index contributed by atoms with van der Waals surface area (Å²) in [4.78, 5) is 14.3. The van der Waals surface area contributed by atoms with Crippen LogP contribution < -0.4 is 10.1 Å². The predicted octanol–water partition coefficient (Wildman–Crippen LogP) is 2.67. The van der Waals surface area contributed by atoms with Crippen LogP contribution >= 0.6 is 0 Å². The van der Waals surface area contributed by atoms with E-state index in [2.05, 4.69) is 10.2 Å². The van der Waals surface area contributed by atoms with E-state index in [9.17, 15) is 4.79 Å². The summed E-state index contributed by atoms with van der Waals surface area (Å²) in [6, 6.07) is 7.56. The van der Waals surface area contributed by atoms with Crippen molar-refractivity contribution in [1.82, 2.24) is 4.90 Å². The Bertz CT molecular complexity index is 491. The van der Waals surface area contributed by atoms with Gasteiger partial charge in [-0.25, -0.2) is 0 Å². The molecular formula is C18H26N2O3. The third-order valence-corrected chi connectivity index (χ3v) is 4.41. The van der Waals surface area contributed by atoms with E-state index in [4.69, 9.17) is 9.47 Å². The van der Waals surface area contributed by atoms with Crippen LogP contribution in [0.3, 0.4) is 0 Å². The van der Waals surface area contributed by atoms with Crippen molar-refractivity contribution in [2.24, 2.45) is 0 Å². The molecule has 1 N–H and O–H groups in total. The molecule has 2 aliphatic heterocycles. The highest BCUT2D eigenvalue weighted by Crippen LogP contribution is 2.18. The Hall–Kier alpha value is -1.59. The van der Waals surface area contributed by atoms with Gasteiger partial charge < -0.3 is 14.8 Å². The van der Waals surface area contributed by atoms with Crippen LogP contribution in [-0.4, -0.2) is 49.8 Å². The third-order valence-electron chi connectivity index (χ3n) is 4.41. The van der Waals surface area contributed by atoms with Crippen LogP contribution in [0.15, 0.2) is 24.3 Å². The van der Waals surface area contributed by atoms with Crippen LogP contribution in [0.5, 0.6) is 5.75 Å². The summed E-state index contributed by atoms with van der Waals surface area (Å²) in [5, 5.41) is 2.95. The smallest absolute Gasteiger partial charge is 0.238 e. The summed E-state index contributed by atoms with van der Waals surface area (Å²) in [6.45, 7) is 3.99. The molecule has 0 bridgehead atoms. The van der Waals surface area contributed by atoms with Gasteiger partial charge in [-0.15, -0.1) is 0 Å². The number of hydrogen-bond donors (Lipinski definition) is 1. The van der Waals surface area contributed by atoms with E-state index >= 15 is 0 Å². The van der Waals surface area contributed by atoms with Gasteiger partial charge in [-0.3, -0.25) is 9.69 Å². The summed E-state index contributed by atoms with van der Waals surface area (Å²) in [6.07, 6.45) is 6.10. The van der Waals surface area contributed by atoms with Gasteiger partial charge in [0, 0.05) is 12.3 Å². The lowest BCUT2D eigenvalue weighted by Crippen LogP contribution is -2.36. The molecule has 1 aromatic carbocycles. The number of rotatable bonds is 6. The largest absolute Gasteiger partial charge is 0.491 e. The first-order valence-electron chi connectivity index (χ1n) is 8.66. The zero-order valence-corrected chi connectivity index (χ0v) is 13.6. The Morgan fingerprint density at radius 2 is 1.96 bits per heavy atom. The van der Waals surface area contributed by atoms with Crippen molar-refractivity contribution in [2.75, 3.05) is 38.2 Å². The molecule has 5 nitrogen and oxygen atoms in total. The molecule has 0 spiro atoms. The van der Waals surface area contributed by atoms with Gasteiger partial charge in [-0.1, -0.05) is 6.42 Å². The van der Waals surface area contributed by atoms with Gasteiger partial charge in [-0.05, 0) is 63.0 Å². The second kappa shape index (κ2) is 8.31. The number of ether oxygens (including phenoxy) is 2. The second-order valence-corrected chi connectivity index (χ2v) is 6.36. The zero-order valence-electron chi connectivity index (χ0n) is 13.6. The maximum absolute atomic E-state index is 12.1. The molecule has 1 aromatic rings. The number of nitrogens with zero attached hydrogens (tertiary/aromatic N) is 1. The van der Waals surface area contributed by atoms with Crippen molar-refractivity contribution in [2.45, 2.75) is 38.2 Å². The Morgan fingerprint density at radius 3 is 2.65 bits per heavy atom. The maximum atomic E-state index is 12.1. The number of carbonyl (C=O) groups excluding carboxylic acids is 1. The summed E-state index contributed by atoms with van der Waals surface area (Å²) in [7, 11) is 0. The minimum Gasteiger partial charge on any atom is -0.491 e. The summed E-state index contributed by atoms with van der Waals surface area (Å²) in [5.74, 6) is 0.870. The Labute approximate surface area is 137 Å². The van der Waals surface area contributed by atoms with Crippen LogP contribution in [0.2, 0.25) is 0 Å². The number of piperidine rings is 1. The zero-order chi connectivity index (χ0) is 15.9. The fourth-order valence-corrected chi connectivity index (χ4v) is 3.12. The number of carbonyl (C=O) groups is 1. The average molecular weight is 318 g/mol. The van der Waals surface area contributed by atoms with Gasteiger partial charge in [0.15, 0.2) is 0 Å². The molecule has 0 aliphatic carbocycles. The van der Waals surface area contributed by atoms with Crippen LogP contribution in [0, 0.1) is 0 Å². The molecule has 1 atom stereocenters. The molecule has 0 radical (unpaired) electrons. The minimum atomic E-state index is 0.0555. The molecule has 5 heteroatoms. The Balaban J connectivity index is 1.42. The number of amides is 1. The first-order chi connectivity index (χ1) is 11.3. The Morgan fingerprint density at radius 1 is 1.17 bits per heavy atom. The molecule has 0 aromatic heterocycles. The van der Waals surface area contributed by atoms with Gasteiger partial charge in [0.1, 0.15) is 12.4 Å². The molecule has 3 rings (SSSR count). The van der Waals surface area contributed by atoms with Gasteiger partial charge in [-0.2, -0.15) is 0 Å². The van der Waals surface area contributed by atoms with Gasteiger partial charge in [0.2, 0.25) is 5.91 Å². The molecule has 0 saturated carbocycles. The highest BCUT2D eigenvalue weighted by atomic mass is 16.5. The molecule has 23 heavy (non-hydrogen) atoms. The fraction of sp³-hybridized carbons (Fsp3) is 0.611. The average Bonchev–Trinajstić information content (AvgIpc) is 3.08. The molecule has 1 amide bonds. The van der Waals surface area contributed by atoms with Crippen molar-refractivity contribution in [1.29, 1.82) is 0 Å². The van der Waals surface area contributed by atoms with E-state index in [-0.39, 0.29) is 12.0 Å². The van der Waals surface area contributed by atoms with Crippen molar-refractivity contribution in [3.63, 3.8) is 0 Å². The highest BCUT2D eigenvalue weighted by Gasteiger charge is 2.16. The molecule has 126 valence electrons. The predicted molar refractivity (Wildman–Crippen MR) is 89.8 cm³/mol. The SMILES string of the molecule is O=C(CN1CCCCC1)Nc1ccc(OCC2CCCO2)cc1. The van der Waals surface area contributed by atoms with E-state index < -0.39 is 0 Å². The number of nitrogens with one attached hydrogen (secondary N) is 1. The lowest BCUT2D eigenvalue weighted by molar-refractivity contribution is -0.117. The quantitative estimate of drug-likeness (QED) is 0.876. The number of anilines is 1. The highest BCUT2D eigenvalue weighted by molar-refractivity contribution is 5.92. The number of likely N-dealkylation sites (tertiary alicyclic amines) is 1.